The normalized spacial score (nSPS) is 17.3. The van der Waals surface area contributed by atoms with E-state index in [-0.39, 0.29) is 17.4 Å². The number of rotatable bonds is 7. The fourth-order valence-electron chi connectivity index (χ4n) is 7.21. The van der Waals surface area contributed by atoms with Gasteiger partial charge in [-0.1, -0.05) is 56.2 Å². The van der Waals surface area contributed by atoms with Gasteiger partial charge in [0.05, 0.1) is 18.3 Å². The van der Waals surface area contributed by atoms with Gasteiger partial charge in [0.2, 0.25) is 5.91 Å². The minimum Gasteiger partial charge on any atom is -0.368 e. The van der Waals surface area contributed by atoms with Gasteiger partial charge in [-0.05, 0) is 61.8 Å². The monoisotopic (exact) mass is 621 g/mol. The summed E-state index contributed by atoms with van der Waals surface area (Å²) in [5.41, 5.74) is 12.6. The summed E-state index contributed by atoms with van der Waals surface area (Å²) in [6.45, 7) is 12.0. The van der Waals surface area contributed by atoms with Crippen LogP contribution in [0.25, 0.3) is 10.8 Å². The van der Waals surface area contributed by atoms with Gasteiger partial charge in [0.15, 0.2) is 0 Å². The molecular weight excluding hydrogens is 574 g/mol. The molecule has 0 atom stereocenters. The maximum Gasteiger partial charge on any atom is 0.269 e. The highest BCUT2D eigenvalue weighted by Gasteiger charge is 2.30. The maximum absolute atomic E-state index is 13.6. The Morgan fingerprint density at radius 3 is 2.43 bits per heavy atom. The molecule has 1 saturated carbocycles. The Hall–Kier alpha value is -4.42. The molecule has 3 heterocycles. The number of benzene rings is 2. The fourth-order valence-corrected chi connectivity index (χ4v) is 7.21. The molecule has 6 rings (SSSR count). The van der Waals surface area contributed by atoms with Gasteiger partial charge in [0.1, 0.15) is 5.69 Å². The lowest BCUT2D eigenvalue weighted by molar-refractivity contribution is -0.126. The van der Waals surface area contributed by atoms with Crippen molar-refractivity contribution in [1.29, 1.82) is 5.26 Å². The number of pyridine rings is 1. The zero-order valence-corrected chi connectivity index (χ0v) is 27.4. The van der Waals surface area contributed by atoms with Crippen molar-refractivity contribution in [3.05, 3.63) is 77.6 Å². The molecule has 1 saturated heterocycles. The molecule has 3 aliphatic rings. The highest BCUT2D eigenvalue weighted by Crippen LogP contribution is 2.36. The van der Waals surface area contributed by atoms with Gasteiger partial charge < -0.3 is 25.8 Å². The Labute approximate surface area is 273 Å². The number of carbonyl (C=O) groups is 2. The average Bonchev–Trinajstić information content (AvgIpc) is 3.07. The van der Waals surface area contributed by atoms with Crippen LogP contribution in [0.5, 0.6) is 0 Å². The van der Waals surface area contributed by atoms with E-state index in [0.717, 1.165) is 43.6 Å². The molecule has 0 unspecified atom stereocenters. The summed E-state index contributed by atoms with van der Waals surface area (Å²) in [4.78, 5) is 37.3. The molecule has 3 aromatic rings. The van der Waals surface area contributed by atoms with E-state index in [0.29, 0.717) is 45.0 Å². The molecular formula is C37H47N7O2. The lowest BCUT2D eigenvalue weighted by Gasteiger charge is -2.39. The van der Waals surface area contributed by atoms with E-state index in [9.17, 15) is 9.59 Å². The van der Waals surface area contributed by atoms with Gasteiger partial charge in [-0.15, -0.1) is 0 Å². The summed E-state index contributed by atoms with van der Waals surface area (Å²) >= 11 is 0. The average molecular weight is 622 g/mol. The Kier molecular flexibility index (Phi) is 10.6. The van der Waals surface area contributed by atoms with Gasteiger partial charge in [0, 0.05) is 74.1 Å². The predicted molar refractivity (Wildman–Crippen MR) is 185 cm³/mol. The second kappa shape index (κ2) is 14.8. The van der Waals surface area contributed by atoms with Gasteiger partial charge in [-0.25, -0.2) is 4.98 Å². The number of amides is 2. The first kappa shape index (κ1) is 33.0. The van der Waals surface area contributed by atoms with Crippen molar-refractivity contribution in [2.24, 2.45) is 5.73 Å². The van der Waals surface area contributed by atoms with E-state index < -0.39 is 0 Å². The van der Waals surface area contributed by atoms with Crippen LogP contribution < -0.4 is 20.9 Å². The molecule has 1 aliphatic carbocycles. The number of nitrogens with one attached hydrogen (secondary N) is 1. The lowest BCUT2D eigenvalue weighted by atomic mass is 9.80. The molecule has 3 N–H and O–H groups in total. The van der Waals surface area contributed by atoms with E-state index in [1.807, 2.05) is 11.0 Å². The summed E-state index contributed by atoms with van der Waals surface area (Å²) in [5.74, 6) is -0.185. The third-order valence-electron chi connectivity index (χ3n) is 9.69. The molecule has 2 amide bonds. The summed E-state index contributed by atoms with van der Waals surface area (Å²) in [6.07, 6.45) is 8.62. The van der Waals surface area contributed by atoms with Crippen LogP contribution >= 0.6 is 0 Å². The van der Waals surface area contributed by atoms with Gasteiger partial charge in [-0.2, -0.15) is 5.26 Å². The highest BCUT2D eigenvalue weighted by atomic mass is 16.2. The summed E-state index contributed by atoms with van der Waals surface area (Å²) in [7, 11) is 0. The Morgan fingerprint density at radius 1 is 1.04 bits per heavy atom. The SMILES string of the molecule is C=CC(=O)N1CCN(c2cc(C(=O)NCCC3(N)CCCCC3)nc3c2CCN(c2cccc4cccc(C)c24)C3)CC1.CC#N. The van der Waals surface area contributed by atoms with Crippen molar-refractivity contribution < 1.29 is 9.59 Å². The summed E-state index contributed by atoms with van der Waals surface area (Å²) in [5, 5.41) is 13.0. The van der Waals surface area contributed by atoms with Crippen LogP contribution in [0.1, 0.15) is 72.8 Å². The summed E-state index contributed by atoms with van der Waals surface area (Å²) in [6, 6.07) is 16.6. The predicted octanol–water partition coefficient (Wildman–Crippen LogP) is 5.25. The molecule has 2 fully saturated rings. The smallest absolute Gasteiger partial charge is 0.269 e. The van der Waals surface area contributed by atoms with Crippen molar-refractivity contribution in [1.82, 2.24) is 15.2 Å². The Balaban J connectivity index is 0.00000134. The first-order valence-electron chi connectivity index (χ1n) is 16.6. The van der Waals surface area contributed by atoms with Crippen molar-refractivity contribution in [2.45, 2.75) is 70.9 Å². The Bertz CT molecular complexity index is 1610. The number of fused-ring (bicyclic) bond motifs is 2. The van der Waals surface area contributed by atoms with Crippen LogP contribution in [0.3, 0.4) is 0 Å². The van der Waals surface area contributed by atoms with Crippen LogP contribution in [0.4, 0.5) is 11.4 Å². The zero-order chi connectivity index (χ0) is 32.7. The molecule has 46 heavy (non-hydrogen) atoms. The van der Waals surface area contributed by atoms with Gasteiger partial charge >= 0.3 is 0 Å². The minimum absolute atomic E-state index is 0.0341. The first-order valence-corrected chi connectivity index (χ1v) is 16.6. The van der Waals surface area contributed by atoms with Gasteiger partial charge in [0.25, 0.3) is 5.91 Å². The molecule has 0 radical (unpaired) electrons. The van der Waals surface area contributed by atoms with Gasteiger partial charge in [-0.3, -0.25) is 9.59 Å². The number of aryl methyl sites for hydroxylation is 1. The van der Waals surface area contributed by atoms with Crippen LogP contribution in [-0.2, 0) is 17.8 Å². The number of aromatic nitrogens is 1. The van der Waals surface area contributed by atoms with Crippen LogP contribution in [0.15, 0.2) is 55.1 Å². The highest BCUT2D eigenvalue weighted by molar-refractivity contribution is 5.97. The molecule has 0 spiro atoms. The molecule has 2 aromatic carbocycles. The number of anilines is 2. The standard InChI is InChI=1S/C35H44N6O2.C2H3N/c1-3-32(42)40-21-19-39(20-22-40)31-23-28(34(43)37-17-16-35(36)14-5-4-6-15-35)38-29-24-41(18-13-27(29)31)30-12-8-11-26-10-7-9-25(2)33(26)30;1-2-3/h3,7-12,23H,1,4-6,13-22,24,36H2,2H3,(H,37,43);1H3. The van der Waals surface area contributed by atoms with E-state index in [1.54, 1.807) is 6.07 Å². The molecule has 9 heteroatoms. The molecule has 242 valence electrons. The van der Waals surface area contributed by atoms with Crippen LogP contribution in [-0.4, -0.2) is 66.5 Å². The van der Waals surface area contributed by atoms with E-state index in [2.05, 4.69) is 65.0 Å². The minimum atomic E-state index is -0.181. The van der Waals surface area contributed by atoms with Crippen LogP contribution in [0, 0.1) is 18.3 Å². The number of carbonyl (C=O) groups excluding carboxylic acids is 2. The topological polar surface area (TPSA) is 119 Å². The second-order valence-corrected chi connectivity index (χ2v) is 12.7. The van der Waals surface area contributed by atoms with E-state index in [1.165, 1.54) is 59.8 Å². The Morgan fingerprint density at radius 2 is 1.74 bits per heavy atom. The quantitative estimate of drug-likeness (QED) is 0.346. The number of nitrogens with two attached hydrogens (primary N) is 1. The van der Waals surface area contributed by atoms with E-state index >= 15 is 0 Å². The number of nitrogens with zero attached hydrogens (tertiary/aromatic N) is 5. The first-order chi connectivity index (χ1) is 22.3. The fraction of sp³-hybridized carbons (Fsp3) is 0.459. The third kappa shape index (κ3) is 7.34. The van der Waals surface area contributed by atoms with Crippen LogP contribution in [0.2, 0.25) is 0 Å². The number of piperazine rings is 1. The molecule has 0 bridgehead atoms. The summed E-state index contributed by atoms with van der Waals surface area (Å²) < 4.78 is 0. The number of hydrogen-bond acceptors (Lipinski definition) is 7. The largest absolute Gasteiger partial charge is 0.368 e. The second-order valence-electron chi connectivity index (χ2n) is 12.7. The molecule has 2 aliphatic heterocycles. The molecule has 9 nitrogen and oxygen atoms in total. The molecule has 1 aromatic heterocycles. The van der Waals surface area contributed by atoms with Crippen molar-refractivity contribution in [2.75, 3.05) is 49.1 Å². The lowest BCUT2D eigenvalue weighted by Crippen LogP contribution is -2.49. The van der Waals surface area contributed by atoms with Crippen molar-refractivity contribution in [3.63, 3.8) is 0 Å². The maximum atomic E-state index is 13.6. The zero-order valence-electron chi connectivity index (χ0n) is 27.4. The number of hydrogen-bond donors (Lipinski definition) is 2. The van der Waals surface area contributed by atoms with Crippen molar-refractivity contribution >= 4 is 34.0 Å². The third-order valence-corrected chi connectivity index (χ3v) is 9.69. The van der Waals surface area contributed by atoms with E-state index in [4.69, 9.17) is 16.0 Å². The van der Waals surface area contributed by atoms with Crippen molar-refractivity contribution in [3.8, 4) is 6.07 Å². The number of nitriles is 1.